The molecule has 0 aliphatic rings. The third-order valence-corrected chi connectivity index (χ3v) is 3.89. The Morgan fingerprint density at radius 3 is 2.20 bits per heavy atom. The Labute approximate surface area is 127 Å². The maximum absolute atomic E-state index is 5.60. The lowest BCUT2D eigenvalue weighted by Gasteiger charge is -2.13. The van der Waals surface area contributed by atoms with Gasteiger partial charge in [-0.3, -0.25) is 0 Å². The van der Waals surface area contributed by atoms with Gasteiger partial charge in [0.1, 0.15) is 0 Å². The van der Waals surface area contributed by atoms with Gasteiger partial charge in [-0.1, -0.05) is 26.0 Å². The van der Waals surface area contributed by atoms with Crippen LogP contribution in [0.3, 0.4) is 0 Å². The SMILES string of the molecule is COC(OC)c1ccc(SCCOCCC(C)C)cc1. The quantitative estimate of drug-likeness (QED) is 0.369. The van der Waals surface area contributed by atoms with Gasteiger partial charge in [0.2, 0.25) is 0 Å². The van der Waals surface area contributed by atoms with Crippen molar-refractivity contribution in [2.45, 2.75) is 31.5 Å². The van der Waals surface area contributed by atoms with Gasteiger partial charge in [0.15, 0.2) is 6.29 Å². The molecule has 0 N–H and O–H groups in total. The zero-order valence-corrected chi connectivity index (χ0v) is 13.7. The highest BCUT2D eigenvalue weighted by atomic mass is 32.2. The molecular formula is C16H26O3S. The van der Waals surface area contributed by atoms with Crippen LogP contribution < -0.4 is 0 Å². The summed E-state index contributed by atoms with van der Waals surface area (Å²) in [5.74, 6) is 1.69. The van der Waals surface area contributed by atoms with Crippen molar-refractivity contribution >= 4 is 11.8 Å². The molecule has 0 unspecified atom stereocenters. The van der Waals surface area contributed by atoms with E-state index in [0.717, 1.165) is 31.0 Å². The monoisotopic (exact) mass is 298 g/mol. The van der Waals surface area contributed by atoms with Crippen LogP contribution in [0.15, 0.2) is 29.2 Å². The first kappa shape index (κ1) is 17.5. The molecular weight excluding hydrogens is 272 g/mol. The summed E-state index contributed by atoms with van der Waals surface area (Å²) in [4.78, 5) is 1.24. The maximum atomic E-state index is 5.60. The van der Waals surface area contributed by atoms with Crippen molar-refractivity contribution in [3.05, 3.63) is 29.8 Å². The molecule has 0 saturated carbocycles. The number of rotatable bonds is 10. The van der Waals surface area contributed by atoms with Gasteiger partial charge in [0, 0.05) is 37.0 Å². The largest absolute Gasteiger partial charge is 0.381 e. The van der Waals surface area contributed by atoms with Crippen molar-refractivity contribution in [2.24, 2.45) is 5.92 Å². The maximum Gasteiger partial charge on any atom is 0.183 e. The van der Waals surface area contributed by atoms with Gasteiger partial charge in [-0.05, 0) is 24.5 Å². The lowest BCUT2D eigenvalue weighted by atomic mass is 10.1. The second-order valence-electron chi connectivity index (χ2n) is 5.02. The van der Waals surface area contributed by atoms with Crippen molar-refractivity contribution in [1.82, 2.24) is 0 Å². The highest BCUT2D eigenvalue weighted by Gasteiger charge is 2.07. The van der Waals surface area contributed by atoms with Gasteiger partial charge < -0.3 is 14.2 Å². The van der Waals surface area contributed by atoms with Gasteiger partial charge in [-0.15, -0.1) is 11.8 Å². The van der Waals surface area contributed by atoms with Crippen molar-refractivity contribution in [1.29, 1.82) is 0 Å². The molecule has 0 radical (unpaired) electrons. The number of benzene rings is 1. The molecule has 0 atom stereocenters. The van der Waals surface area contributed by atoms with Gasteiger partial charge in [-0.2, -0.15) is 0 Å². The van der Waals surface area contributed by atoms with Gasteiger partial charge in [0.25, 0.3) is 0 Å². The first-order chi connectivity index (χ1) is 9.67. The van der Waals surface area contributed by atoms with Crippen LogP contribution in [0.2, 0.25) is 0 Å². The number of hydrogen-bond acceptors (Lipinski definition) is 4. The molecule has 0 aliphatic heterocycles. The van der Waals surface area contributed by atoms with E-state index in [1.807, 2.05) is 23.9 Å². The van der Waals surface area contributed by atoms with Crippen LogP contribution in [-0.4, -0.2) is 33.2 Å². The van der Waals surface area contributed by atoms with Crippen LogP contribution in [0.4, 0.5) is 0 Å². The Balaban J connectivity index is 2.24. The van der Waals surface area contributed by atoms with Gasteiger partial charge in [-0.25, -0.2) is 0 Å². The van der Waals surface area contributed by atoms with Crippen LogP contribution in [0.25, 0.3) is 0 Å². The van der Waals surface area contributed by atoms with Crippen molar-refractivity contribution < 1.29 is 14.2 Å². The summed E-state index contributed by atoms with van der Waals surface area (Å²) in [6, 6.07) is 8.28. The highest BCUT2D eigenvalue weighted by Crippen LogP contribution is 2.22. The van der Waals surface area contributed by atoms with E-state index in [9.17, 15) is 0 Å². The standard InChI is InChI=1S/C16H26O3S/c1-13(2)9-10-19-11-12-20-15-7-5-14(6-8-15)16(17-3)18-4/h5-8,13,16H,9-12H2,1-4H3. The zero-order chi connectivity index (χ0) is 14.8. The minimum absolute atomic E-state index is 0.284. The predicted octanol–water partition coefficient (Wildman–Crippen LogP) is 4.13. The molecule has 0 amide bonds. The van der Waals surface area contributed by atoms with E-state index in [4.69, 9.17) is 14.2 Å². The van der Waals surface area contributed by atoms with E-state index < -0.39 is 0 Å². The fraction of sp³-hybridized carbons (Fsp3) is 0.625. The smallest absolute Gasteiger partial charge is 0.183 e. The van der Waals surface area contributed by atoms with E-state index in [1.54, 1.807) is 14.2 Å². The number of ether oxygens (including phenoxy) is 3. The Morgan fingerprint density at radius 1 is 1.00 bits per heavy atom. The molecule has 0 fully saturated rings. The third kappa shape index (κ3) is 6.75. The average Bonchev–Trinajstić information content (AvgIpc) is 2.45. The van der Waals surface area contributed by atoms with E-state index in [1.165, 1.54) is 4.90 Å². The number of hydrogen-bond donors (Lipinski definition) is 0. The molecule has 3 nitrogen and oxygen atoms in total. The van der Waals surface area contributed by atoms with Gasteiger partial charge in [0.05, 0.1) is 6.61 Å². The summed E-state index contributed by atoms with van der Waals surface area (Å²) in [5.41, 5.74) is 1.03. The van der Waals surface area contributed by atoms with Crippen LogP contribution >= 0.6 is 11.8 Å². The Bertz CT molecular complexity index is 347. The van der Waals surface area contributed by atoms with Crippen molar-refractivity contribution in [3.8, 4) is 0 Å². The molecule has 0 bridgehead atoms. The fourth-order valence-electron chi connectivity index (χ4n) is 1.73. The summed E-state index contributed by atoms with van der Waals surface area (Å²) < 4.78 is 16.0. The molecule has 0 spiro atoms. The Hall–Kier alpha value is -0.550. The van der Waals surface area contributed by atoms with E-state index >= 15 is 0 Å². The zero-order valence-electron chi connectivity index (χ0n) is 12.9. The van der Waals surface area contributed by atoms with Crippen molar-refractivity contribution in [3.63, 3.8) is 0 Å². The summed E-state index contributed by atoms with van der Waals surface area (Å²) in [5, 5.41) is 0. The molecule has 0 heterocycles. The Morgan fingerprint density at radius 2 is 1.65 bits per heavy atom. The lowest BCUT2D eigenvalue weighted by Crippen LogP contribution is -2.03. The molecule has 0 aromatic heterocycles. The molecule has 0 aliphatic carbocycles. The second kappa shape index (κ2) is 10.2. The second-order valence-corrected chi connectivity index (χ2v) is 6.18. The van der Waals surface area contributed by atoms with Crippen LogP contribution in [0.5, 0.6) is 0 Å². The van der Waals surface area contributed by atoms with Crippen LogP contribution in [0, 0.1) is 5.92 Å². The number of methoxy groups -OCH3 is 2. The Kier molecular flexibility index (Phi) is 8.94. The van der Waals surface area contributed by atoms with E-state index in [0.29, 0.717) is 5.92 Å². The topological polar surface area (TPSA) is 27.7 Å². The van der Waals surface area contributed by atoms with Crippen LogP contribution in [0.1, 0.15) is 32.1 Å². The first-order valence-electron chi connectivity index (χ1n) is 7.03. The minimum Gasteiger partial charge on any atom is -0.381 e. The van der Waals surface area contributed by atoms with E-state index in [2.05, 4.69) is 26.0 Å². The summed E-state index contributed by atoms with van der Waals surface area (Å²) in [6.45, 7) is 6.10. The molecule has 1 rings (SSSR count). The molecule has 114 valence electrons. The summed E-state index contributed by atoms with van der Waals surface area (Å²) >= 11 is 1.81. The third-order valence-electron chi connectivity index (χ3n) is 2.92. The molecule has 20 heavy (non-hydrogen) atoms. The fourth-order valence-corrected chi connectivity index (χ4v) is 2.49. The summed E-state index contributed by atoms with van der Waals surface area (Å²) in [6.07, 6.45) is 0.850. The molecule has 4 heteroatoms. The average molecular weight is 298 g/mol. The molecule has 0 saturated heterocycles. The molecule has 1 aromatic carbocycles. The first-order valence-corrected chi connectivity index (χ1v) is 8.02. The lowest BCUT2D eigenvalue weighted by molar-refractivity contribution is -0.106. The van der Waals surface area contributed by atoms with Crippen molar-refractivity contribution in [2.75, 3.05) is 33.2 Å². The highest BCUT2D eigenvalue weighted by molar-refractivity contribution is 7.99. The normalized spacial score (nSPS) is 11.5. The van der Waals surface area contributed by atoms with E-state index in [-0.39, 0.29) is 6.29 Å². The van der Waals surface area contributed by atoms with Crippen LogP contribution in [-0.2, 0) is 14.2 Å². The molecule has 1 aromatic rings. The van der Waals surface area contributed by atoms with Gasteiger partial charge >= 0.3 is 0 Å². The number of thioether (sulfide) groups is 1. The summed E-state index contributed by atoms with van der Waals surface area (Å²) in [7, 11) is 3.29. The predicted molar refractivity (Wildman–Crippen MR) is 84.2 cm³/mol. The minimum atomic E-state index is -0.284.